The number of thioether (sulfide) groups is 1. The largest absolute Gasteiger partial charge is 0.390 e. The quantitative estimate of drug-likeness (QED) is 0.407. The van der Waals surface area contributed by atoms with Gasteiger partial charge in [-0.25, -0.2) is 0 Å². The number of pyridine rings is 1. The molecule has 1 N–H and O–H groups in total. The van der Waals surface area contributed by atoms with Crippen LogP contribution in [0.15, 0.2) is 90.0 Å². The van der Waals surface area contributed by atoms with Gasteiger partial charge in [0.1, 0.15) is 0 Å². The Balaban J connectivity index is 1.42. The second-order valence-electron chi connectivity index (χ2n) is 6.94. The summed E-state index contributed by atoms with van der Waals surface area (Å²) in [7, 11) is 0. The van der Waals surface area contributed by atoms with E-state index in [1.54, 1.807) is 11.8 Å². The molecule has 0 aliphatic rings. The third kappa shape index (κ3) is 3.05. The van der Waals surface area contributed by atoms with Crippen molar-refractivity contribution >= 4 is 44.5 Å². The monoisotopic (exact) mass is 384 g/mol. The van der Waals surface area contributed by atoms with Gasteiger partial charge < -0.3 is 9.67 Å². The van der Waals surface area contributed by atoms with Crippen LogP contribution in [0.25, 0.3) is 32.7 Å². The zero-order valence-corrected chi connectivity index (χ0v) is 16.1. The van der Waals surface area contributed by atoms with Gasteiger partial charge in [-0.2, -0.15) is 0 Å². The zero-order chi connectivity index (χ0) is 18.9. The number of hydrogen-bond acceptors (Lipinski definition) is 3. The Labute approximate surface area is 167 Å². The van der Waals surface area contributed by atoms with E-state index in [-0.39, 0.29) is 0 Å². The highest BCUT2D eigenvalue weighted by Crippen LogP contribution is 2.30. The molecule has 0 saturated carbocycles. The number of hydrogen-bond donors (Lipinski definition) is 1. The van der Waals surface area contributed by atoms with Crippen LogP contribution in [0.5, 0.6) is 0 Å². The van der Waals surface area contributed by atoms with Crippen LogP contribution >= 0.6 is 11.8 Å². The fourth-order valence-electron chi connectivity index (χ4n) is 3.84. The molecule has 0 aliphatic carbocycles. The Morgan fingerprint density at radius 1 is 0.821 bits per heavy atom. The topological polar surface area (TPSA) is 38.1 Å². The van der Waals surface area contributed by atoms with Crippen LogP contribution in [-0.4, -0.2) is 26.5 Å². The number of aliphatic hydroxyl groups excluding tert-OH is 1. The lowest BCUT2D eigenvalue weighted by atomic mass is 10.2. The predicted octanol–water partition coefficient (Wildman–Crippen LogP) is 5.50. The predicted molar refractivity (Wildman–Crippen MR) is 118 cm³/mol. The lowest BCUT2D eigenvalue weighted by molar-refractivity contribution is 0.181. The zero-order valence-electron chi connectivity index (χ0n) is 15.3. The maximum Gasteiger partial charge on any atom is 0.0837 e. The fraction of sp³-hybridized carbons (Fsp3) is 0.125. The van der Waals surface area contributed by atoms with Gasteiger partial charge in [0.2, 0.25) is 0 Å². The number of rotatable bonds is 5. The second kappa shape index (κ2) is 7.30. The summed E-state index contributed by atoms with van der Waals surface area (Å²) in [5, 5.41) is 14.4. The summed E-state index contributed by atoms with van der Waals surface area (Å²) < 4.78 is 2.23. The van der Waals surface area contributed by atoms with Crippen LogP contribution in [0.1, 0.15) is 0 Å². The van der Waals surface area contributed by atoms with Gasteiger partial charge in [0, 0.05) is 50.6 Å². The first-order valence-corrected chi connectivity index (χ1v) is 10.4. The standard InChI is InChI=1S/C24H20N2OS/c27-18(16-28-23-13-5-7-17-8-6-14-25-24(17)23)15-26-21-11-3-1-9-19(21)20-10-2-4-12-22(20)26/h1-14,18,27H,15-16H2/t18-/m1/s1. The highest BCUT2D eigenvalue weighted by atomic mass is 32.2. The van der Waals surface area contributed by atoms with Crippen LogP contribution in [-0.2, 0) is 6.54 Å². The Morgan fingerprint density at radius 2 is 1.50 bits per heavy atom. The molecule has 2 aromatic heterocycles. The summed E-state index contributed by atoms with van der Waals surface area (Å²) in [6.45, 7) is 0.569. The van der Waals surface area contributed by atoms with E-state index in [0.29, 0.717) is 12.3 Å². The van der Waals surface area contributed by atoms with Crippen LogP contribution in [0.4, 0.5) is 0 Å². The van der Waals surface area contributed by atoms with Crippen molar-refractivity contribution in [2.24, 2.45) is 0 Å². The number of fused-ring (bicyclic) bond motifs is 4. The molecule has 0 radical (unpaired) electrons. The van der Waals surface area contributed by atoms with Gasteiger partial charge in [-0.1, -0.05) is 54.6 Å². The molecule has 1 atom stereocenters. The van der Waals surface area contributed by atoms with Crippen molar-refractivity contribution in [3.05, 3.63) is 85.1 Å². The van der Waals surface area contributed by atoms with Crippen molar-refractivity contribution in [2.45, 2.75) is 17.5 Å². The van der Waals surface area contributed by atoms with Gasteiger partial charge in [-0.3, -0.25) is 4.98 Å². The van der Waals surface area contributed by atoms with Crippen molar-refractivity contribution in [1.82, 2.24) is 9.55 Å². The lowest BCUT2D eigenvalue weighted by Crippen LogP contribution is -2.18. The SMILES string of the molecule is O[C@@H](CSc1cccc2cccnc12)Cn1c2ccccc2c2ccccc21. The van der Waals surface area contributed by atoms with Gasteiger partial charge in [0.15, 0.2) is 0 Å². The fourth-order valence-corrected chi connectivity index (χ4v) is 4.80. The van der Waals surface area contributed by atoms with Crippen molar-refractivity contribution in [2.75, 3.05) is 5.75 Å². The second-order valence-corrected chi connectivity index (χ2v) is 8.00. The van der Waals surface area contributed by atoms with Gasteiger partial charge >= 0.3 is 0 Å². The van der Waals surface area contributed by atoms with E-state index < -0.39 is 6.10 Å². The summed E-state index contributed by atoms with van der Waals surface area (Å²) in [6.07, 6.45) is 1.36. The first-order valence-electron chi connectivity index (χ1n) is 9.42. The first-order chi connectivity index (χ1) is 13.8. The Kier molecular flexibility index (Phi) is 4.51. The van der Waals surface area contributed by atoms with Gasteiger partial charge in [-0.15, -0.1) is 11.8 Å². The van der Waals surface area contributed by atoms with Crippen molar-refractivity contribution in [1.29, 1.82) is 0 Å². The summed E-state index contributed by atoms with van der Waals surface area (Å²) >= 11 is 1.66. The van der Waals surface area contributed by atoms with Gasteiger partial charge in [0.25, 0.3) is 0 Å². The lowest BCUT2D eigenvalue weighted by Gasteiger charge is -2.14. The molecule has 0 bridgehead atoms. The molecular weight excluding hydrogens is 364 g/mol. The average molecular weight is 385 g/mol. The Hall–Kier alpha value is -2.82. The summed E-state index contributed by atoms with van der Waals surface area (Å²) in [5.41, 5.74) is 3.33. The molecule has 138 valence electrons. The first kappa shape index (κ1) is 17.3. The van der Waals surface area contributed by atoms with Crippen molar-refractivity contribution < 1.29 is 5.11 Å². The third-order valence-electron chi connectivity index (χ3n) is 5.10. The third-order valence-corrected chi connectivity index (χ3v) is 6.29. The smallest absolute Gasteiger partial charge is 0.0837 e. The highest BCUT2D eigenvalue weighted by molar-refractivity contribution is 7.99. The Morgan fingerprint density at radius 3 is 2.25 bits per heavy atom. The van der Waals surface area contributed by atoms with Crippen LogP contribution < -0.4 is 0 Å². The molecule has 4 heteroatoms. The van der Waals surface area contributed by atoms with Crippen LogP contribution in [0.3, 0.4) is 0 Å². The molecule has 3 aromatic carbocycles. The van der Waals surface area contributed by atoms with Crippen molar-refractivity contribution in [3.63, 3.8) is 0 Å². The minimum Gasteiger partial charge on any atom is -0.390 e. The van der Waals surface area contributed by atoms with Crippen molar-refractivity contribution in [3.8, 4) is 0 Å². The minimum absolute atomic E-state index is 0.455. The summed E-state index contributed by atoms with van der Waals surface area (Å²) in [5.74, 6) is 0.622. The van der Waals surface area contributed by atoms with Gasteiger partial charge in [0.05, 0.1) is 11.6 Å². The van der Waals surface area contributed by atoms with Crippen LogP contribution in [0.2, 0.25) is 0 Å². The molecule has 0 fully saturated rings. The Bertz CT molecular complexity index is 1220. The number of para-hydroxylation sites is 3. The van der Waals surface area contributed by atoms with E-state index in [0.717, 1.165) is 15.8 Å². The molecule has 0 spiro atoms. The number of nitrogens with zero attached hydrogens (tertiary/aromatic N) is 2. The molecule has 0 saturated heterocycles. The number of aromatic nitrogens is 2. The molecule has 0 amide bonds. The highest BCUT2D eigenvalue weighted by Gasteiger charge is 2.14. The maximum atomic E-state index is 10.8. The van der Waals surface area contributed by atoms with E-state index in [9.17, 15) is 5.11 Å². The van der Waals surface area contributed by atoms with Crippen LogP contribution in [0, 0.1) is 0 Å². The molecule has 0 unspecified atom stereocenters. The van der Waals surface area contributed by atoms with E-state index in [1.165, 1.54) is 21.8 Å². The molecular formula is C24H20N2OS. The number of benzene rings is 3. The molecule has 5 aromatic rings. The molecule has 28 heavy (non-hydrogen) atoms. The van der Waals surface area contributed by atoms with E-state index in [2.05, 4.69) is 76.3 Å². The summed E-state index contributed by atoms with van der Waals surface area (Å²) in [6, 6.07) is 27.0. The summed E-state index contributed by atoms with van der Waals surface area (Å²) in [4.78, 5) is 5.62. The normalized spacial score (nSPS) is 12.8. The van der Waals surface area contributed by atoms with E-state index in [4.69, 9.17) is 0 Å². The van der Waals surface area contributed by atoms with E-state index >= 15 is 0 Å². The number of aliphatic hydroxyl groups is 1. The molecule has 3 nitrogen and oxygen atoms in total. The van der Waals surface area contributed by atoms with E-state index in [1.807, 2.05) is 18.3 Å². The minimum atomic E-state index is -0.455. The molecule has 5 rings (SSSR count). The van der Waals surface area contributed by atoms with Gasteiger partial charge in [-0.05, 0) is 24.3 Å². The maximum absolute atomic E-state index is 10.8. The molecule has 0 aliphatic heterocycles. The average Bonchev–Trinajstić information content (AvgIpc) is 3.06. The molecule has 2 heterocycles.